The van der Waals surface area contributed by atoms with E-state index in [1.807, 2.05) is 11.8 Å². The molecule has 0 bridgehead atoms. The van der Waals surface area contributed by atoms with Gasteiger partial charge in [0.2, 0.25) is 17.7 Å². The monoisotopic (exact) mass is 371 g/mol. The Morgan fingerprint density at radius 1 is 1.20 bits per heavy atom. The number of carbonyl (C=O) groups excluding carboxylic acids is 4. The second kappa shape index (κ2) is 9.04. The van der Waals surface area contributed by atoms with Gasteiger partial charge in [-0.2, -0.15) is 11.8 Å². The number of urea groups is 1. The summed E-state index contributed by atoms with van der Waals surface area (Å²) in [6, 6.07) is -0.606. The van der Waals surface area contributed by atoms with Gasteiger partial charge in [-0.3, -0.25) is 19.7 Å². The van der Waals surface area contributed by atoms with Crippen molar-refractivity contribution in [3.8, 4) is 0 Å². The molecule has 0 aliphatic carbocycles. The van der Waals surface area contributed by atoms with Crippen LogP contribution >= 0.6 is 11.8 Å². The summed E-state index contributed by atoms with van der Waals surface area (Å²) >= 11 is 1.84. The van der Waals surface area contributed by atoms with E-state index in [9.17, 15) is 19.2 Å². The highest BCUT2D eigenvalue weighted by Crippen LogP contribution is 2.33. The SMILES string of the molecule is NC(=O)[C@@H](N)CCC(=O)NC(=O)CCCC[C@@H]1SC[C@@H]2NC(=O)N[C@@H]21. The fourth-order valence-corrected chi connectivity index (χ4v) is 4.53. The molecule has 0 aromatic rings. The number of unbranched alkanes of at least 4 members (excludes halogenated alkanes) is 1. The van der Waals surface area contributed by atoms with Crippen LogP contribution in [0.25, 0.3) is 0 Å². The van der Waals surface area contributed by atoms with Crippen molar-refractivity contribution in [2.24, 2.45) is 11.5 Å². The first-order chi connectivity index (χ1) is 11.9. The first kappa shape index (κ1) is 19.5. The second-order valence-corrected chi connectivity index (χ2v) is 7.66. The van der Waals surface area contributed by atoms with E-state index in [0.29, 0.717) is 11.7 Å². The normalized spacial score (nSPS) is 25.6. The van der Waals surface area contributed by atoms with E-state index in [1.165, 1.54) is 0 Å². The standard InChI is InChI=1S/C15H25N5O4S/c16-8(14(17)23)5-6-12(22)19-11(21)4-2-1-3-10-13-9(7-25-10)18-15(24)20-13/h8-10,13H,1-7,16H2,(H2,17,23)(H2,18,20,24)(H,19,21,22)/t8-,9-,10-,13-/m0/s1. The smallest absolute Gasteiger partial charge is 0.315 e. The van der Waals surface area contributed by atoms with E-state index >= 15 is 0 Å². The van der Waals surface area contributed by atoms with Crippen molar-refractivity contribution < 1.29 is 19.2 Å². The third-order valence-electron chi connectivity index (χ3n) is 4.41. The van der Waals surface area contributed by atoms with Crippen molar-refractivity contribution in [3.05, 3.63) is 0 Å². The van der Waals surface area contributed by atoms with Gasteiger partial charge in [-0.25, -0.2) is 4.79 Å². The number of hydrogen-bond donors (Lipinski definition) is 5. The molecule has 2 heterocycles. The maximum absolute atomic E-state index is 11.7. The minimum absolute atomic E-state index is 0.00960. The van der Waals surface area contributed by atoms with Gasteiger partial charge in [0.15, 0.2) is 0 Å². The summed E-state index contributed by atoms with van der Waals surface area (Å²) in [5.74, 6) is -0.530. The number of imide groups is 1. The summed E-state index contributed by atoms with van der Waals surface area (Å²) < 4.78 is 0. The topological polar surface area (TPSA) is 156 Å². The van der Waals surface area contributed by atoms with Gasteiger partial charge in [0.25, 0.3) is 0 Å². The molecule has 2 rings (SSSR count). The van der Waals surface area contributed by atoms with Gasteiger partial charge in [-0.15, -0.1) is 0 Å². The van der Waals surface area contributed by atoms with Crippen molar-refractivity contribution in [2.75, 3.05) is 5.75 Å². The van der Waals surface area contributed by atoms with Crippen molar-refractivity contribution in [3.63, 3.8) is 0 Å². The molecule has 2 aliphatic heterocycles. The van der Waals surface area contributed by atoms with Crippen LogP contribution in [0.2, 0.25) is 0 Å². The Hall–Kier alpha value is -1.81. The number of amides is 5. The minimum Gasteiger partial charge on any atom is -0.368 e. The molecule has 2 fully saturated rings. The van der Waals surface area contributed by atoms with Crippen LogP contribution in [0.15, 0.2) is 0 Å². The molecule has 9 nitrogen and oxygen atoms in total. The Bertz CT molecular complexity index is 544. The summed E-state index contributed by atoms with van der Waals surface area (Å²) in [6.07, 6.45) is 2.83. The molecule has 0 unspecified atom stereocenters. The molecule has 4 atom stereocenters. The number of rotatable bonds is 9. The van der Waals surface area contributed by atoms with Crippen LogP contribution in [0.3, 0.4) is 0 Å². The van der Waals surface area contributed by atoms with Crippen LogP contribution < -0.4 is 27.4 Å². The molecule has 0 radical (unpaired) electrons. The average molecular weight is 371 g/mol. The van der Waals surface area contributed by atoms with Gasteiger partial charge in [0.05, 0.1) is 18.1 Å². The van der Waals surface area contributed by atoms with Gasteiger partial charge in [0, 0.05) is 23.8 Å². The van der Waals surface area contributed by atoms with Gasteiger partial charge in [-0.1, -0.05) is 6.42 Å². The molecule has 0 saturated carbocycles. The van der Waals surface area contributed by atoms with Crippen LogP contribution in [-0.2, 0) is 14.4 Å². The molecular weight excluding hydrogens is 346 g/mol. The van der Waals surface area contributed by atoms with Gasteiger partial charge in [-0.05, 0) is 19.3 Å². The molecule has 140 valence electrons. The third kappa shape index (κ3) is 5.89. The second-order valence-electron chi connectivity index (χ2n) is 6.39. The lowest BCUT2D eigenvalue weighted by molar-refractivity contribution is -0.130. The summed E-state index contributed by atoms with van der Waals surface area (Å²) in [6.45, 7) is 0. The molecule has 7 N–H and O–H groups in total. The van der Waals surface area contributed by atoms with E-state index < -0.39 is 17.9 Å². The Morgan fingerprint density at radius 2 is 1.92 bits per heavy atom. The maximum Gasteiger partial charge on any atom is 0.315 e. The highest BCUT2D eigenvalue weighted by molar-refractivity contribution is 8.00. The first-order valence-electron chi connectivity index (χ1n) is 8.43. The van der Waals surface area contributed by atoms with Gasteiger partial charge in [0.1, 0.15) is 0 Å². The highest BCUT2D eigenvalue weighted by Gasteiger charge is 2.42. The third-order valence-corrected chi connectivity index (χ3v) is 5.92. The maximum atomic E-state index is 11.7. The minimum atomic E-state index is -0.876. The quantitative estimate of drug-likeness (QED) is 0.257. The fraction of sp³-hybridized carbons (Fsp3) is 0.733. The van der Waals surface area contributed by atoms with Crippen molar-refractivity contribution in [1.82, 2.24) is 16.0 Å². The zero-order valence-corrected chi connectivity index (χ0v) is 14.8. The van der Waals surface area contributed by atoms with E-state index in [-0.39, 0.29) is 43.3 Å². The fourth-order valence-electron chi connectivity index (χ4n) is 2.98. The lowest BCUT2D eigenvalue weighted by Gasteiger charge is -2.16. The zero-order valence-electron chi connectivity index (χ0n) is 14.0. The van der Waals surface area contributed by atoms with Crippen molar-refractivity contribution in [2.45, 2.75) is 61.9 Å². The zero-order chi connectivity index (χ0) is 18.4. The van der Waals surface area contributed by atoms with Crippen LogP contribution in [0.5, 0.6) is 0 Å². The van der Waals surface area contributed by atoms with E-state index in [4.69, 9.17) is 11.5 Å². The summed E-state index contributed by atoms with van der Waals surface area (Å²) in [4.78, 5) is 45.4. The Labute approximate surface area is 150 Å². The molecule has 2 aliphatic rings. The van der Waals surface area contributed by atoms with E-state index in [1.54, 1.807) is 0 Å². The Morgan fingerprint density at radius 3 is 2.64 bits per heavy atom. The number of thioether (sulfide) groups is 1. The molecular formula is C15H25N5O4S. The number of fused-ring (bicyclic) bond motifs is 1. The molecule has 0 aromatic carbocycles. The Kier molecular flexibility index (Phi) is 7.06. The molecule has 25 heavy (non-hydrogen) atoms. The van der Waals surface area contributed by atoms with Gasteiger partial charge >= 0.3 is 6.03 Å². The number of primary amides is 1. The largest absolute Gasteiger partial charge is 0.368 e. The van der Waals surface area contributed by atoms with Crippen molar-refractivity contribution >= 4 is 35.5 Å². The van der Waals surface area contributed by atoms with Gasteiger partial charge < -0.3 is 22.1 Å². The predicted molar refractivity (Wildman–Crippen MR) is 93.5 cm³/mol. The molecule has 5 amide bonds. The summed E-state index contributed by atoms with van der Waals surface area (Å²) in [5, 5.41) is 8.48. The van der Waals surface area contributed by atoms with Crippen LogP contribution in [0.1, 0.15) is 38.5 Å². The molecule has 10 heteroatoms. The lowest BCUT2D eigenvalue weighted by Crippen LogP contribution is -2.38. The average Bonchev–Trinajstić information content (AvgIpc) is 3.08. The lowest BCUT2D eigenvalue weighted by atomic mass is 10.0. The number of nitrogens with one attached hydrogen (secondary N) is 3. The summed E-state index contributed by atoms with van der Waals surface area (Å²) in [5.41, 5.74) is 10.4. The van der Waals surface area contributed by atoms with Crippen LogP contribution in [-0.4, -0.2) is 52.9 Å². The number of hydrogen-bond acceptors (Lipinski definition) is 6. The molecule has 0 spiro atoms. The van der Waals surface area contributed by atoms with Crippen LogP contribution in [0.4, 0.5) is 4.79 Å². The van der Waals surface area contributed by atoms with Crippen molar-refractivity contribution in [1.29, 1.82) is 0 Å². The Balaban J connectivity index is 1.56. The number of nitrogens with two attached hydrogens (primary N) is 2. The predicted octanol–water partition coefficient (Wildman–Crippen LogP) is -1.05. The van der Waals surface area contributed by atoms with E-state index in [2.05, 4.69) is 16.0 Å². The molecule has 0 aromatic heterocycles. The highest BCUT2D eigenvalue weighted by atomic mass is 32.2. The van der Waals surface area contributed by atoms with Crippen LogP contribution in [0, 0.1) is 0 Å². The summed E-state index contributed by atoms with van der Waals surface area (Å²) in [7, 11) is 0. The van der Waals surface area contributed by atoms with E-state index in [0.717, 1.165) is 18.6 Å². The number of carbonyl (C=O) groups is 4. The molecule has 2 saturated heterocycles. The first-order valence-corrected chi connectivity index (χ1v) is 9.48.